The standard InChI is InChI=1S/C12H19N3O2/c1-15-6-5-13-11(15)8-14-10-4-2-3-9(7-10)12(16)17/h5-6,9-10,14H,2-4,7-8H2,1H3,(H,16,17). The lowest BCUT2D eigenvalue weighted by Crippen LogP contribution is -2.36. The van der Waals surface area contributed by atoms with Gasteiger partial charge in [-0.05, 0) is 19.3 Å². The molecule has 0 aliphatic heterocycles. The van der Waals surface area contributed by atoms with Crippen LogP contribution in [0, 0.1) is 5.92 Å². The number of aliphatic carboxylic acids is 1. The zero-order valence-electron chi connectivity index (χ0n) is 10.1. The van der Waals surface area contributed by atoms with Crippen LogP contribution < -0.4 is 5.32 Å². The Morgan fingerprint density at radius 1 is 1.65 bits per heavy atom. The monoisotopic (exact) mass is 237 g/mol. The van der Waals surface area contributed by atoms with Crippen molar-refractivity contribution in [1.29, 1.82) is 0 Å². The van der Waals surface area contributed by atoms with E-state index in [0.717, 1.165) is 31.5 Å². The molecule has 1 aliphatic carbocycles. The molecule has 2 rings (SSSR count). The number of nitrogens with one attached hydrogen (secondary N) is 1. The second-order valence-electron chi connectivity index (χ2n) is 4.73. The number of rotatable bonds is 4. The molecule has 2 N–H and O–H groups in total. The molecule has 2 atom stereocenters. The summed E-state index contributed by atoms with van der Waals surface area (Å²) in [4.78, 5) is 15.2. The first-order valence-electron chi connectivity index (χ1n) is 6.09. The van der Waals surface area contributed by atoms with Crippen LogP contribution in [-0.4, -0.2) is 26.7 Å². The molecule has 0 saturated heterocycles. The summed E-state index contributed by atoms with van der Waals surface area (Å²) in [7, 11) is 1.96. The third-order valence-corrected chi connectivity index (χ3v) is 3.49. The Labute approximate surface area is 101 Å². The van der Waals surface area contributed by atoms with Crippen molar-refractivity contribution in [3.63, 3.8) is 0 Å². The second kappa shape index (κ2) is 5.31. The summed E-state index contributed by atoms with van der Waals surface area (Å²) in [6, 6.07) is 0.307. The minimum atomic E-state index is -0.659. The van der Waals surface area contributed by atoms with E-state index in [4.69, 9.17) is 5.11 Å². The fourth-order valence-corrected chi connectivity index (χ4v) is 2.40. The molecule has 94 valence electrons. The van der Waals surface area contributed by atoms with Crippen molar-refractivity contribution in [3.05, 3.63) is 18.2 Å². The first-order chi connectivity index (χ1) is 8.16. The highest BCUT2D eigenvalue weighted by molar-refractivity contribution is 5.70. The molecule has 1 heterocycles. The van der Waals surface area contributed by atoms with Gasteiger partial charge in [0.15, 0.2) is 0 Å². The van der Waals surface area contributed by atoms with Crippen molar-refractivity contribution in [3.8, 4) is 0 Å². The van der Waals surface area contributed by atoms with Crippen LogP contribution in [-0.2, 0) is 18.4 Å². The van der Waals surface area contributed by atoms with Crippen LogP contribution in [0.2, 0.25) is 0 Å². The van der Waals surface area contributed by atoms with Crippen molar-refractivity contribution in [2.75, 3.05) is 0 Å². The summed E-state index contributed by atoms with van der Waals surface area (Å²) in [5, 5.41) is 12.4. The number of hydrogen-bond donors (Lipinski definition) is 2. The summed E-state index contributed by atoms with van der Waals surface area (Å²) in [6.45, 7) is 0.709. The quantitative estimate of drug-likeness (QED) is 0.824. The van der Waals surface area contributed by atoms with E-state index in [1.807, 2.05) is 17.8 Å². The average Bonchev–Trinajstić information content (AvgIpc) is 2.72. The van der Waals surface area contributed by atoms with Gasteiger partial charge in [0.05, 0.1) is 12.5 Å². The van der Waals surface area contributed by atoms with Gasteiger partial charge in [0.25, 0.3) is 0 Å². The first kappa shape index (κ1) is 12.1. The van der Waals surface area contributed by atoms with E-state index in [2.05, 4.69) is 10.3 Å². The normalized spacial score (nSPS) is 24.8. The molecule has 17 heavy (non-hydrogen) atoms. The summed E-state index contributed by atoms with van der Waals surface area (Å²) < 4.78 is 1.98. The third kappa shape index (κ3) is 3.06. The molecule has 0 bridgehead atoms. The smallest absolute Gasteiger partial charge is 0.306 e. The number of aryl methyl sites for hydroxylation is 1. The third-order valence-electron chi connectivity index (χ3n) is 3.49. The maximum Gasteiger partial charge on any atom is 0.306 e. The summed E-state index contributed by atoms with van der Waals surface area (Å²) >= 11 is 0. The number of carbonyl (C=O) groups is 1. The topological polar surface area (TPSA) is 67.2 Å². The van der Waals surface area contributed by atoms with Crippen LogP contribution in [0.4, 0.5) is 0 Å². The number of aromatic nitrogens is 2. The van der Waals surface area contributed by atoms with E-state index in [9.17, 15) is 4.79 Å². The molecule has 2 unspecified atom stereocenters. The molecule has 1 fully saturated rings. The van der Waals surface area contributed by atoms with Crippen LogP contribution in [0.15, 0.2) is 12.4 Å². The van der Waals surface area contributed by atoms with E-state index >= 15 is 0 Å². The van der Waals surface area contributed by atoms with Gasteiger partial charge in [-0.1, -0.05) is 6.42 Å². The molecule has 1 aliphatic rings. The summed E-state index contributed by atoms with van der Waals surface area (Å²) in [6.07, 6.45) is 7.30. The zero-order valence-corrected chi connectivity index (χ0v) is 10.1. The SMILES string of the molecule is Cn1ccnc1CNC1CCCC(C(=O)O)C1. The van der Waals surface area contributed by atoms with E-state index in [1.165, 1.54) is 0 Å². The van der Waals surface area contributed by atoms with Crippen LogP contribution >= 0.6 is 0 Å². The largest absolute Gasteiger partial charge is 0.481 e. The predicted octanol–water partition coefficient (Wildman–Crippen LogP) is 1.15. The minimum absolute atomic E-state index is 0.178. The lowest BCUT2D eigenvalue weighted by atomic mass is 9.86. The summed E-state index contributed by atoms with van der Waals surface area (Å²) in [5.74, 6) is 0.151. The molecular formula is C12H19N3O2. The number of carboxylic acids is 1. The van der Waals surface area contributed by atoms with Gasteiger partial charge in [0.2, 0.25) is 0 Å². The molecule has 0 aromatic carbocycles. The van der Waals surface area contributed by atoms with Crippen molar-refractivity contribution in [1.82, 2.24) is 14.9 Å². The van der Waals surface area contributed by atoms with Gasteiger partial charge in [-0.3, -0.25) is 4.79 Å². The molecule has 0 spiro atoms. The van der Waals surface area contributed by atoms with E-state index in [0.29, 0.717) is 12.6 Å². The van der Waals surface area contributed by atoms with Crippen molar-refractivity contribution < 1.29 is 9.90 Å². The average molecular weight is 237 g/mol. The maximum absolute atomic E-state index is 10.9. The Morgan fingerprint density at radius 3 is 3.12 bits per heavy atom. The van der Waals surface area contributed by atoms with Crippen LogP contribution in [0.3, 0.4) is 0 Å². The maximum atomic E-state index is 10.9. The molecule has 5 nitrogen and oxygen atoms in total. The highest BCUT2D eigenvalue weighted by Crippen LogP contribution is 2.24. The number of imidazole rings is 1. The second-order valence-corrected chi connectivity index (χ2v) is 4.73. The Morgan fingerprint density at radius 2 is 2.47 bits per heavy atom. The van der Waals surface area contributed by atoms with Crippen molar-refractivity contribution in [2.24, 2.45) is 13.0 Å². The van der Waals surface area contributed by atoms with Gasteiger partial charge in [0, 0.05) is 25.5 Å². The fraction of sp³-hybridized carbons (Fsp3) is 0.667. The van der Waals surface area contributed by atoms with Crippen LogP contribution in [0.1, 0.15) is 31.5 Å². The van der Waals surface area contributed by atoms with Gasteiger partial charge in [-0.25, -0.2) is 4.98 Å². The molecule has 1 aromatic heterocycles. The highest BCUT2D eigenvalue weighted by Gasteiger charge is 2.26. The molecule has 5 heteroatoms. The number of carboxylic acid groups (broad SMARTS) is 1. The van der Waals surface area contributed by atoms with Crippen molar-refractivity contribution >= 4 is 5.97 Å². The Hall–Kier alpha value is -1.36. The molecule has 1 saturated carbocycles. The lowest BCUT2D eigenvalue weighted by Gasteiger charge is -2.27. The number of nitrogens with zero attached hydrogens (tertiary/aromatic N) is 2. The Bertz CT molecular complexity index is 389. The van der Waals surface area contributed by atoms with E-state index in [-0.39, 0.29) is 5.92 Å². The first-order valence-corrected chi connectivity index (χ1v) is 6.09. The fourth-order valence-electron chi connectivity index (χ4n) is 2.40. The van der Waals surface area contributed by atoms with Gasteiger partial charge in [-0.2, -0.15) is 0 Å². The predicted molar refractivity (Wildman–Crippen MR) is 63.4 cm³/mol. The number of hydrogen-bond acceptors (Lipinski definition) is 3. The van der Waals surface area contributed by atoms with Gasteiger partial charge in [-0.15, -0.1) is 0 Å². The van der Waals surface area contributed by atoms with E-state index < -0.39 is 5.97 Å². The van der Waals surface area contributed by atoms with Gasteiger partial charge < -0.3 is 15.0 Å². The highest BCUT2D eigenvalue weighted by atomic mass is 16.4. The Kier molecular flexibility index (Phi) is 3.78. The molecule has 0 radical (unpaired) electrons. The van der Waals surface area contributed by atoms with Crippen molar-refractivity contribution in [2.45, 2.75) is 38.3 Å². The summed E-state index contributed by atoms with van der Waals surface area (Å²) in [5.41, 5.74) is 0. The van der Waals surface area contributed by atoms with Gasteiger partial charge in [0.1, 0.15) is 5.82 Å². The lowest BCUT2D eigenvalue weighted by molar-refractivity contribution is -0.143. The molecular weight excluding hydrogens is 218 g/mol. The van der Waals surface area contributed by atoms with Crippen LogP contribution in [0.25, 0.3) is 0 Å². The molecule has 1 aromatic rings. The molecule has 0 amide bonds. The minimum Gasteiger partial charge on any atom is -0.481 e. The Balaban J connectivity index is 1.83. The van der Waals surface area contributed by atoms with E-state index in [1.54, 1.807) is 6.20 Å². The zero-order chi connectivity index (χ0) is 12.3. The van der Waals surface area contributed by atoms with Crippen LogP contribution in [0.5, 0.6) is 0 Å². The van der Waals surface area contributed by atoms with Gasteiger partial charge >= 0.3 is 5.97 Å².